The fraction of sp³-hybridized carbons (Fsp3) is 0.412. The summed E-state index contributed by atoms with van der Waals surface area (Å²) in [7, 11) is 0. The second-order valence-corrected chi connectivity index (χ2v) is 6.59. The molecule has 0 aromatic heterocycles. The molecule has 2 aromatic carbocycles. The van der Waals surface area contributed by atoms with E-state index >= 15 is 0 Å². The van der Waals surface area contributed by atoms with E-state index in [-0.39, 0.29) is 29.5 Å². The molecule has 0 bridgehead atoms. The molecule has 0 aliphatic heterocycles. The van der Waals surface area contributed by atoms with Crippen LogP contribution in [0.25, 0.3) is 0 Å². The first-order chi connectivity index (χ1) is 10.2. The summed E-state index contributed by atoms with van der Waals surface area (Å²) < 4.78 is 13.6. The smallest absolute Gasteiger partial charge is 0.253 e. The molecule has 0 heterocycles. The van der Waals surface area contributed by atoms with E-state index in [9.17, 15) is 14.0 Å². The van der Waals surface area contributed by atoms with Gasteiger partial charge in [0.15, 0.2) is 0 Å². The van der Waals surface area contributed by atoms with Gasteiger partial charge in [-0.2, -0.15) is 0 Å². The van der Waals surface area contributed by atoms with Crippen LogP contribution >= 0.6 is 0 Å². The van der Waals surface area contributed by atoms with Crippen molar-refractivity contribution in [3.63, 3.8) is 0 Å². The van der Waals surface area contributed by atoms with Gasteiger partial charge in [0.1, 0.15) is 17.2 Å². The molecule has 118 valence electrons. The second-order valence-electron chi connectivity index (χ2n) is 6.59. The van der Waals surface area contributed by atoms with Gasteiger partial charge in [0.05, 0.1) is 0 Å². The number of nitrogens with one attached hydrogen (secondary N) is 2. The molecule has 0 fully saturated rings. The van der Waals surface area contributed by atoms with Gasteiger partial charge in [-0.05, 0) is 18.4 Å². The molecule has 0 aliphatic carbocycles. The Morgan fingerprint density at radius 1 is 1.09 bits per heavy atom. The zero-order valence-electron chi connectivity index (χ0n) is 13.3. The van der Waals surface area contributed by atoms with Gasteiger partial charge in [0.25, 0.3) is 10.9 Å². The Balaban J connectivity index is 2.13. The molecule has 2 rings (SSSR count). The summed E-state index contributed by atoms with van der Waals surface area (Å²) in [6, 6.07) is 6.35. The summed E-state index contributed by atoms with van der Waals surface area (Å²) in [4.78, 5) is 23.4. The average Bonchev–Trinajstić information content (AvgIpc) is 2.46. The maximum atomic E-state index is 13.6. The van der Waals surface area contributed by atoms with E-state index < -0.39 is 10.9 Å². The van der Waals surface area contributed by atoms with Crippen LogP contribution in [-0.2, 0) is 6.54 Å². The number of hydrogen-bond donors (Lipinski definition) is 2. The molecule has 4 nitrogen and oxygen atoms in total. The number of hydrogen-bond acceptors (Lipinski definition) is 4. The number of halogens is 1. The second kappa shape index (κ2) is 5.91. The zero-order valence-corrected chi connectivity index (χ0v) is 13.3. The van der Waals surface area contributed by atoms with E-state index in [0.29, 0.717) is 11.3 Å². The third-order valence-corrected chi connectivity index (χ3v) is 3.98. The predicted octanol–water partition coefficient (Wildman–Crippen LogP) is 2.88. The van der Waals surface area contributed by atoms with Crippen LogP contribution in [0, 0.1) is 11.2 Å². The summed E-state index contributed by atoms with van der Waals surface area (Å²) in [6.45, 7) is 8.25. The number of rotatable bonds is 5. The number of anilines is 2. The van der Waals surface area contributed by atoms with Gasteiger partial charge in [-0.15, -0.1) is 0 Å². The fourth-order valence-corrected chi connectivity index (χ4v) is 1.96. The van der Waals surface area contributed by atoms with Crippen molar-refractivity contribution in [3.05, 3.63) is 56.1 Å². The highest BCUT2D eigenvalue weighted by atomic mass is 19.1. The van der Waals surface area contributed by atoms with Gasteiger partial charge in [0, 0.05) is 18.2 Å². The van der Waals surface area contributed by atoms with E-state index in [4.69, 9.17) is 0 Å². The zero-order chi connectivity index (χ0) is 16.5. The van der Waals surface area contributed by atoms with Crippen molar-refractivity contribution in [1.82, 2.24) is 0 Å². The molecular weight excluding hydrogens is 283 g/mol. The lowest BCUT2D eigenvalue weighted by Crippen LogP contribution is -2.42. The topological polar surface area (TPSA) is 58.2 Å². The van der Waals surface area contributed by atoms with Crippen LogP contribution in [0.2, 0.25) is 0 Å². The van der Waals surface area contributed by atoms with Crippen LogP contribution in [0.1, 0.15) is 33.3 Å². The van der Waals surface area contributed by atoms with Crippen molar-refractivity contribution in [1.29, 1.82) is 0 Å². The summed E-state index contributed by atoms with van der Waals surface area (Å²) in [5.41, 5.74) is -0.145. The van der Waals surface area contributed by atoms with Gasteiger partial charge in [-0.1, -0.05) is 39.0 Å². The Morgan fingerprint density at radius 2 is 1.68 bits per heavy atom. The van der Waals surface area contributed by atoms with Crippen LogP contribution < -0.4 is 21.5 Å². The molecule has 0 amide bonds. The highest BCUT2D eigenvalue weighted by Gasteiger charge is 2.26. The molecule has 2 N–H and O–H groups in total. The first-order valence-electron chi connectivity index (χ1n) is 7.29. The van der Waals surface area contributed by atoms with E-state index in [2.05, 4.69) is 10.6 Å². The van der Waals surface area contributed by atoms with Crippen LogP contribution in [0.15, 0.2) is 33.9 Å². The summed E-state index contributed by atoms with van der Waals surface area (Å²) >= 11 is 0. The van der Waals surface area contributed by atoms with Crippen molar-refractivity contribution in [2.45, 2.75) is 40.3 Å². The van der Waals surface area contributed by atoms with Gasteiger partial charge in [-0.25, -0.2) is 4.39 Å². The lowest BCUT2D eigenvalue weighted by molar-refractivity contribution is 0.359. The molecule has 0 saturated heterocycles. The normalized spacial score (nSPS) is 13.1. The molecule has 0 unspecified atom stereocenters. The molecule has 0 saturated carbocycles. The predicted molar refractivity (Wildman–Crippen MR) is 87.6 cm³/mol. The van der Waals surface area contributed by atoms with Gasteiger partial charge >= 0.3 is 0 Å². The standard InChI is InChI=1S/C17H21FN2O2/c1-10(17(2,3)4)20-14-13(15(21)16(14)22)19-9-11-7-5-6-8-12(11)18/h5-8,10,19-20H,9H2,1-4H3/t10-/m1/s1. The minimum absolute atomic E-state index is 0.0183. The highest BCUT2D eigenvalue weighted by Crippen LogP contribution is 2.25. The molecule has 5 heteroatoms. The van der Waals surface area contributed by atoms with Crippen LogP contribution in [0.3, 0.4) is 0 Å². The van der Waals surface area contributed by atoms with Crippen LogP contribution in [-0.4, -0.2) is 6.04 Å². The number of benzene rings is 1. The van der Waals surface area contributed by atoms with E-state index in [1.54, 1.807) is 18.2 Å². The Morgan fingerprint density at radius 3 is 2.27 bits per heavy atom. The van der Waals surface area contributed by atoms with E-state index in [1.807, 2.05) is 27.7 Å². The molecule has 0 spiro atoms. The largest absolute Gasteiger partial charge is 0.377 e. The summed E-state index contributed by atoms with van der Waals surface area (Å²) in [6.07, 6.45) is 0. The van der Waals surface area contributed by atoms with Crippen molar-refractivity contribution in [3.8, 4) is 0 Å². The quantitative estimate of drug-likeness (QED) is 0.834. The highest BCUT2D eigenvalue weighted by molar-refractivity contribution is 5.74. The van der Waals surface area contributed by atoms with Gasteiger partial charge in [0.2, 0.25) is 0 Å². The molecular formula is C17H21FN2O2. The molecule has 22 heavy (non-hydrogen) atoms. The van der Waals surface area contributed by atoms with Gasteiger partial charge < -0.3 is 10.6 Å². The van der Waals surface area contributed by atoms with Crippen molar-refractivity contribution in [2.75, 3.05) is 10.6 Å². The van der Waals surface area contributed by atoms with Crippen LogP contribution in [0.5, 0.6) is 0 Å². The van der Waals surface area contributed by atoms with Gasteiger partial charge in [-0.3, -0.25) is 9.59 Å². The summed E-state index contributed by atoms with van der Waals surface area (Å²) in [5, 5.41) is 5.96. The van der Waals surface area contributed by atoms with E-state index in [1.165, 1.54) is 6.07 Å². The minimum Gasteiger partial charge on any atom is -0.377 e. The molecule has 2 aromatic rings. The lowest BCUT2D eigenvalue weighted by Gasteiger charge is -2.30. The maximum Gasteiger partial charge on any atom is 0.253 e. The first-order valence-corrected chi connectivity index (χ1v) is 7.29. The third kappa shape index (κ3) is 3.18. The average molecular weight is 304 g/mol. The third-order valence-electron chi connectivity index (χ3n) is 3.98. The Kier molecular flexibility index (Phi) is 4.35. The van der Waals surface area contributed by atoms with E-state index in [0.717, 1.165) is 0 Å². The summed E-state index contributed by atoms with van der Waals surface area (Å²) in [5.74, 6) is -0.341. The maximum absolute atomic E-state index is 13.6. The van der Waals surface area contributed by atoms with Crippen molar-refractivity contribution in [2.24, 2.45) is 5.41 Å². The Labute approximate surface area is 129 Å². The Bertz CT molecular complexity index is 740. The molecule has 0 radical (unpaired) electrons. The van der Waals surface area contributed by atoms with Crippen molar-refractivity contribution >= 4 is 11.4 Å². The SMILES string of the molecule is C[C@@H](Nc1c(NCc2ccccc2F)c(=O)c1=O)C(C)(C)C. The fourth-order valence-electron chi connectivity index (χ4n) is 1.96. The van der Waals surface area contributed by atoms with Crippen molar-refractivity contribution < 1.29 is 4.39 Å². The Hall–Kier alpha value is -2.17. The first kappa shape index (κ1) is 16.2. The molecule has 1 atom stereocenters. The lowest BCUT2D eigenvalue weighted by atomic mass is 9.87. The van der Waals surface area contributed by atoms with Crippen LogP contribution in [0.4, 0.5) is 15.8 Å². The minimum atomic E-state index is -0.556. The monoisotopic (exact) mass is 304 g/mol. The molecule has 0 aliphatic rings.